The summed E-state index contributed by atoms with van der Waals surface area (Å²) in [6.45, 7) is 0. The summed E-state index contributed by atoms with van der Waals surface area (Å²) in [6, 6.07) is 90.2. The summed E-state index contributed by atoms with van der Waals surface area (Å²) >= 11 is 0. The zero-order chi connectivity index (χ0) is 45.7. The number of benzene rings is 10. The van der Waals surface area contributed by atoms with Gasteiger partial charge in [-0.15, -0.1) is 0 Å². The summed E-state index contributed by atoms with van der Waals surface area (Å²) in [5, 5.41) is 0. The van der Waals surface area contributed by atoms with Crippen LogP contribution in [0.3, 0.4) is 0 Å². The van der Waals surface area contributed by atoms with Crippen molar-refractivity contribution in [3.8, 4) is 79.0 Å². The number of fused-ring (bicyclic) bond motifs is 8. The number of ether oxygens (including phenoxy) is 1. The minimum absolute atomic E-state index is 0.611. The molecule has 13 rings (SSSR count). The summed E-state index contributed by atoms with van der Waals surface area (Å²) in [5.41, 5.74) is 16.5. The molecule has 0 atom stereocenters. The van der Waals surface area contributed by atoms with Crippen LogP contribution < -0.4 is 9.64 Å². The molecule has 2 aliphatic heterocycles. The van der Waals surface area contributed by atoms with Crippen LogP contribution in [0.25, 0.3) is 67.5 Å². The highest BCUT2D eigenvalue weighted by Crippen LogP contribution is 2.63. The Labute approximate surface area is 401 Å². The Balaban J connectivity index is 1.05. The van der Waals surface area contributed by atoms with Gasteiger partial charge in [0.25, 0.3) is 0 Å². The fourth-order valence-corrected chi connectivity index (χ4v) is 10.4. The maximum atomic E-state index is 6.82. The molecule has 0 N–H and O–H groups in total. The molecule has 0 fully saturated rings. The van der Waals surface area contributed by atoms with Crippen molar-refractivity contribution in [1.82, 2.24) is 15.0 Å². The lowest BCUT2D eigenvalue weighted by Crippen LogP contribution is -2.39. The average molecular weight is 883 g/mol. The molecular formula is C64H42N4O. The second-order valence-electron chi connectivity index (χ2n) is 17.5. The minimum atomic E-state index is -0.761. The molecule has 2 aliphatic rings. The Morgan fingerprint density at radius 2 is 0.696 bits per heavy atom. The van der Waals surface area contributed by atoms with Crippen molar-refractivity contribution in [2.45, 2.75) is 5.41 Å². The molecule has 1 aromatic heterocycles. The van der Waals surface area contributed by atoms with Crippen molar-refractivity contribution in [2.24, 2.45) is 0 Å². The van der Waals surface area contributed by atoms with E-state index in [1.165, 1.54) is 16.7 Å². The summed E-state index contributed by atoms with van der Waals surface area (Å²) in [7, 11) is 0. The summed E-state index contributed by atoms with van der Waals surface area (Å²) in [6.07, 6.45) is 0. The highest BCUT2D eigenvalue weighted by Gasteiger charge is 2.51. The number of rotatable bonds is 7. The lowest BCUT2D eigenvalue weighted by molar-refractivity contribution is 0.434. The molecule has 10 aromatic carbocycles. The molecule has 0 aliphatic carbocycles. The molecule has 1 spiro atoms. The standard InChI is InChI=1S/C64H42N4O/c1-5-18-43(19-6-1)45-32-36-52(37-33-45)68-57-39-35-49(48-26-17-27-51(40-48)63-66-61(46-22-9-3-10-23-46)65-62(67-63)47-24-11-4-12-25-47)41-56(57)64(53-38-34-50(42-58(53)68)44-20-7-2-8-21-44)54-28-13-15-30-59(54)69-60-31-16-14-29-55(60)64/h1-42H. The number of aromatic nitrogens is 3. The molecule has 5 nitrogen and oxygen atoms in total. The van der Waals surface area contributed by atoms with E-state index in [4.69, 9.17) is 19.7 Å². The fraction of sp³-hybridized carbons (Fsp3) is 0.0156. The first kappa shape index (κ1) is 40.1. The Hall–Kier alpha value is -9.19. The number of para-hydroxylation sites is 2. The zero-order valence-electron chi connectivity index (χ0n) is 37.4. The van der Waals surface area contributed by atoms with Crippen molar-refractivity contribution in [3.05, 3.63) is 277 Å². The smallest absolute Gasteiger partial charge is 0.164 e. The van der Waals surface area contributed by atoms with Crippen LogP contribution in [0.1, 0.15) is 22.3 Å². The van der Waals surface area contributed by atoms with Crippen molar-refractivity contribution in [3.63, 3.8) is 0 Å². The summed E-state index contributed by atoms with van der Waals surface area (Å²) in [5.74, 6) is 3.55. The van der Waals surface area contributed by atoms with Crippen LogP contribution in [0.4, 0.5) is 17.1 Å². The summed E-state index contributed by atoms with van der Waals surface area (Å²) < 4.78 is 6.82. The molecule has 69 heavy (non-hydrogen) atoms. The Morgan fingerprint density at radius 3 is 1.29 bits per heavy atom. The fourth-order valence-electron chi connectivity index (χ4n) is 10.4. The monoisotopic (exact) mass is 882 g/mol. The minimum Gasteiger partial charge on any atom is -0.457 e. The maximum Gasteiger partial charge on any atom is 0.164 e. The van der Waals surface area contributed by atoms with E-state index in [2.05, 4.69) is 199 Å². The zero-order valence-corrected chi connectivity index (χ0v) is 37.4. The van der Waals surface area contributed by atoms with Crippen LogP contribution in [0.5, 0.6) is 11.5 Å². The molecule has 0 radical (unpaired) electrons. The first-order valence-electron chi connectivity index (χ1n) is 23.3. The Morgan fingerprint density at radius 1 is 0.275 bits per heavy atom. The van der Waals surface area contributed by atoms with Gasteiger partial charge in [-0.25, -0.2) is 15.0 Å². The average Bonchev–Trinajstić information content (AvgIpc) is 3.43. The number of anilines is 3. The van der Waals surface area contributed by atoms with Crippen LogP contribution in [0.2, 0.25) is 0 Å². The molecule has 5 heteroatoms. The molecular weight excluding hydrogens is 841 g/mol. The SMILES string of the molecule is c1ccc(-c2ccc(N3c4cc(-c5ccccc5)ccc4C4(c5ccccc5Oc5ccccc54)c4cc(-c5cccc(-c6nc(-c7ccccc7)nc(-c7ccccc7)n6)c5)ccc43)cc2)cc1. The van der Waals surface area contributed by atoms with Crippen molar-refractivity contribution >= 4 is 17.1 Å². The van der Waals surface area contributed by atoms with Gasteiger partial charge in [0, 0.05) is 33.5 Å². The van der Waals surface area contributed by atoms with Crippen LogP contribution in [-0.4, -0.2) is 15.0 Å². The van der Waals surface area contributed by atoms with Gasteiger partial charge in [-0.1, -0.05) is 206 Å². The van der Waals surface area contributed by atoms with Gasteiger partial charge >= 0.3 is 0 Å². The third-order valence-electron chi connectivity index (χ3n) is 13.6. The van der Waals surface area contributed by atoms with Gasteiger partial charge in [0.1, 0.15) is 11.5 Å². The molecule has 0 saturated carbocycles. The van der Waals surface area contributed by atoms with Crippen LogP contribution >= 0.6 is 0 Å². The maximum absolute atomic E-state index is 6.82. The van der Waals surface area contributed by atoms with Gasteiger partial charge in [-0.2, -0.15) is 0 Å². The molecule has 0 amide bonds. The van der Waals surface area contributed by atoms with E-state index < -0.39 is 5.41 Å². The molecule has 3 heterocycles. The van der Waals surface area contributed by atoms with Gasteiger partial charge in [0.15, 0.2) is 17.5 Å². The number of nitrogens with zero attached hydrogens (tertiary/aromatic N) is 4. The van der Waals surface area contributed by atoms with Crippen molar-refractivity contribution in [2.75, 3.05) is 4.90 Å². The first-order chi connectivity index (χ1) is 34.2. The molecule has 0 unspecified atom stereocenters. The third kappa shape index (κ3) is 6.82. The van der Waals surface area contributed by atoms with E-state index in [9.17, 15) is 0 Å². The Kier molecular flexibility index (Phi) is 9.65. The van der Waals surface area contributed by atoms with E-state index in [-0.39, 0.29) is 0 Å². The van der Waals surface area contributed by atoms with E-state index >= 15 is 0 Å². The normalized spacial score (nSPS) is 12.8. The van der Waals surface area contributed by atoms with Gasteiger partial charge in [-0.05, 0) is 93.0 Å². The van der Waals surface area contributed by atoms with Crippen molar-refractivity contribution in [1.29, 1.82) is 0 Å². The van der Waals surface area contributed by atoms with Crippen LogP contribution in [-0.2, 0) is 5.41 Å². The lowest BCUT2D eigenvalue weighted by Gasteiger charge is -2.49. The quantitative estimate of drug-likeness (QED) is 0.160. The summed E-state index contributed by atoms with van der Waals surface area (Å²) in [4.78, 5) is 17.6. The number of hydrogen-bond acceptors (Lipinski definition) is 5. The van der Waals surface area contributed by atoms with E-state index in [1.807, 2.05) is 60.7 Å². The number of hydrogen-bond donors (Lipinski definition) is 0. The van der Waals surface area contributed by atoms with Gasteiger partial charge in [-0.3, -0.25) is 0 Å². The van der Waals surface area contributed by atoms with Gasteiger partial charge in [0.05, 0.1) is 16.8 Å². The van der Waals surface area contributed by atoms with Crippen LogP contribution in [0.15, 0.2) is 255 Å². The predicted molar refractivity (Wildman–Crippen MR) is 279 cm³/mol. The second kappa shape index (κ2) is 16.6. The molecule has 0 bridgehead atoms. The largest absolute Gasteiger partial charge is 0.457 e. The van der Waals surface area contributed by atoms with E-state index in [0.717, 1.165) is 84.2 Å². The van der Waals surface area contributed by atoms with E-state index in [1.54, 1.807) is 0 Å². The van der Waals surface area contributed by atoms with E-state index in [0.29, 0.717) is 17.5 Å². The van der Waals surface area contributed by atoms with Gasteiger partial charge < -0.3 is 9.64 Å². The first-order valence-corrected chi connectivity index (χ1v) is 23.3. The highest BCUT2D eigenvalue weighted by molar-refractivity contribution is 5.94. The highest BCUT2D eigenvalue weighted by atomic mass is 16.5. The molecule has 11 aromatic rings. The molecule has 0 saturated heterocycles. The second-order valence-corrected chi connectivity index (χ2v) is 17.5. The Bertz CT molecular complexity index is 3590. The molecule has 324 valence electrons. The van der Waals surface area contributed by atoms with Crippen molar-refractivity contribution < 1.29 is 4.74 Å². The topological polar surface area (TPSA) is 51.1 Å². The third-order valence-corrected chi connectivity index (χ3v) is 13.6. The predicted octanol–water partition coefficient (Wildman–Crippen LogP) is 16.1. The van der Waals surface area contributed by atoms with Crippen LogP contribution in [0, 0.1) is 0 Å². The van der Waals surface area contributed by atoms with Gasteiger partial charge in [0.2, 0.25) is 0 Å². The lowest BCUT2D eigenvalue weighted by atomic mass is 9.60.